The third-order valence-electron chi connectivity index (χ3n) is 11.4. The molecular formula is C46H38N12O2. The summed E-state index contributed by atoms with van der Waals surface area (Å²) in [6, 6.07) is 26.6. The van der Waals surface area contributed by atoms with Gasteiger partial charge in [0.1, 0.15) is 17.1 Å². The molecule has 11 rings (SSSR count). The smallest absolute Gasteiger partial charge is 0.224 e. The predicted octanol–water partition coefficient (Wildman–Crippen LogP) is 8.45. The van der Waals surface area contributed by atoms with Crippen LogP contribution in [0.25, 0.3) is 94.6 Å². The monoisotopic (exact) mass is 790 g/mol. The van der Waals surface area contributed by atoms with Crippen LogP contribution in [-0.2, 0) is 4.79 Å². The van der Waals surface area contributed by atoms with Gasteiger partial charge in [0.05, 0.1) is 77.1 Å². The zero-order chi connectivity index (χ0) is 40.2. The van der Waals surface area contributed by atoms with Crippen LogP contribution in [0.4, 0.5) is 5.69 Å². The molecule has 0 radical (unpaired) electrons. The number of aromatic nitrogens is 10. The van der Waals surface area contributed by atoms with Crippen molar-refractivity contribution < 1.29 is 9.53 Å². The minimum Gasteiger partial charge on any atom is -0.495 e. The maximum atomic E-state index is 13.0. The van der Waals surface area contributed by atoms with Crippen LogP contribution < -0.4 is 15.4 Å². The molecule has 0 spiro atoms. The largest absolute Gasteiger partial charge is 0.495 e. The lowest BCUT2D eigenvalue weighted by Crippen LogP contribution is -2.30. The van der Waals surface area contributed by atoms with E-state index in [1.807, 2.05) is 41.2 Å². The first-order chi connectivity index (χ1) is 29.5. The number of rotatable bonds is 9. The van der Waals surface area contributed by atoms with Gasteiger partial charge in [-0.1, -0.05) is 18.2 Å². The SMILES string of the molecule is COc1cncc(-c2cc3c(-c4cc5cc(-n6nc(-c7cc8ccccc8[nH]7)c7cc(-c8cncc(NC(=O)CC9CCNCC9)c8)ncc76)ccc5[nH]4)n[nH]c3cn2)c1. The van der Waals surface area contributed by atoms with Crippen LogP contribution in [0.2, 0.25) is 0 Å². The van der Waals surface area contributed by atoms with Crippen LogP contribution >= 0.6 is 0 Å². The van der Waals surface area contributed by atoms with Gasteiger partial charge in [-0.2, -0.15) is 10.2 Å². The number of piperidine rings is 1. The molecule has 8 aromatic heterocycles. The molecule has 1 aliphatic heterocycles. The van der Waals surface area contributed by atoms with Crippen molar-refractivity contribution in [2.45, 2.75) is 19.3 Å². The second kappa shape index (κ2) is 14.6. The second-order valence-electron chi connectivity index (χ2n) is 15.3. The van der Waals surface area contributed by atoms with Crippen LogP contribution in [0, 0.1) is 5.92 Å². The van der Waals surface area contributed by atoms with Gasteiger partial charge in [-0.3, -0.25) is 29.8 Å². The number of benzene rings is 2. The van der Waals surface area contributed by atoms with E-state index in [2.05, 4.69) is 94.3 Å². The summed E-state index contributed by atoms with van der Waals surface area (Å²) in [4.78, 5) is 38.5. The van der Waals surface area contributed by atoms with Gasteiger partial charge in [-0.25, -0.2) is 4.68 Å². The lowest BCUT2D eigenvalue weighted by Gasteiger charge is -2.21. The maximum Gasteiger partial charge on any atom is 0.224 e. The van der Waals surface area contributed by atoms with Gasteiger partial charge in [0.25, 0.3) is 0 Å². The number of aromatic amines is 3. The minimum atomic E-state index is 0.00417. The standard InChI is InChI=1S/C46H38N12O2/c1-60-33-15-30(21-49-23-33)38-18-34-42(24-50-38)55-56-45(34)40-17-28-14-32(6-7-37(28)54-40)58-43-25-51-39(19-35(43)46(57-58)41-16-27-4-2-3-5-36(27)53-41)29-13-31(22-48-20-29)52-44(59)12-26-8-10-47-11-9-26/h2-7,13-26,47,53-54H,8-12H2,1H3,(H,52,59)(H,55,56). The van der Waals surface area contributed by atoms with E-state index in [9.17, 15) is 4.79 Å². The number of carbonyl (C=O) groups is 1. The zero-order valence-corrected chi connectivity index (χ0v) is 32.5. The normalized spacial score (nSPS) is 13.5. The highest BCUT2D eigenvalue weighted by atomic mass is 16.5. The first-order valence-corrected chi connectivity index (χ1v) is 19.9. The highest BCUT2D eigenvalue weighted by molar-refractivity contribution is 6.00. The van der Waals surface area contributed by atoms with Crippen molar-refractivity contribution in [3.8, 4) is 56.7 Å². The number of carbonyl (C=O) groups excluding carboxylic acids is 1. The van der Waals surface area contributed by atoms with E-state index in [1.165, 1.54) is 0 Å². The van der Waals surface area contributed by atoms with Crippen molar-refractivity contribution in [1.82, 2.24) is 55.2 Å². The van der Waals surface area contributed by atoms with Gasteiger partial charge in [0.15, 0.2) is 0 Å². The van der Waals surface area contributed by atoms with E-state index in [0.29, 0.717) is 23.8 Å². The highest BCUT2D eigenvalue weighted by Gasteiger charge is 2.21. The molecule has 0 aliphatic carbocycles. The molecule has 1 amide bonds. The lowest BCUT2D eigenvalue weighted by atomic mass is 9.94. The number of methoxy groups -OCH3 is 1. The van der Waals surface area contributed by atoms with Gasteiger partial charge in [0, 0.05) is 62.5 Å². The fourth-order valence-corrected chi connectivity index (χ4v) is 8.31. The van der Waals surface area contributed by atoms with Crippen LogP contribution in [0.5, 0.6) is 5.75 Å². The number of amides is 1. The number of ether oxygens (including phenoxy) is 1. The summed E-state index contributed by atoms with van der Waals surface area (Å²) >= 11 is 0. The Bertz CT molecular complexity index is 3210. The Morgan fingerprint density at radius 3 is 2.35 bits per heavy atom. The van der Waals surface area contributed by atoms with E-state index < -0.39 is 0 Å². The highest BCUT2D eigenvalue weighted by Crippen LogP contribution is 2.36. The van der Waals surface area contributed by atoms with Crippen molar-refractivity contribution in [2.24, 2.45) is 5.92 Å². The minimum absolute atomic E-state index is 0.00417. The quantitative estimate of drug-likeness (QED) is 0.0959. The van der Waals surface area contributed by atoms with E-state index in [4.69, 9.17) is 14.8 Å². The molecule has 14 nitrogen and oxygen atoms in total. The lowest BCUT2D eigenvalue weighted by molar-refractivity contribution is -0.117. The molecule has 0 unspecified atom stereocenters. The summed E-state index contributed by atoms with van der Waals surface area (Å²) in [6.45, 7) is 1.91. The third-order valence-corrected chi connectivity index (χ3v) is 11.4. The number of fused-ring (bicyclic) bond motifs is 4. The van der Waals surface area contributed by atoms with Gasteiger partial charge < -0.3 is 25.3 Å². The molecule has 0 bridgehead atoms. The van der Waals surface area contributed by atoms with Crippen molar-refractivity contribution >= 4 is 55.2 Å². The molecule has 14 heteroatoms. The molecule has 1 fully saturated rings. The number of anilines is 1. The number of para-hydroxylation sites is 1. The molecule has 0 saturated carbocycles. The Morgan fingerprint density at radius 2 is 1.50 bits per heavy atom. The summed E-state index contributed by atoms with van der Waals surface area (Å²) in [5.41, 5.74) is 11.6. The first-order valence-electron chi connectivity index (χ1n) is 19.9. The molecule has 1 aliphatic rings. The maximum absolute atomic E-state index is 13.0. The summed E-state index contributed by atoms with van der Waals surface area (Å²) < 4.78 is 7.34. The summed E-state index contributed by atoms with van der Waals surface area (Å²) in [7, 11) is 1.62. The average molecular weight is 791 g/mol. The summed E-state index contributed by atoms with van der Waals surface area (Å²) in [5.74, 6) is 1.05. The van der Waals surface area contributed by atoms with E-state index >= 15 is 0 Å². The predicted molar refractivity (Wildman–Crippen MR) is 233 cm³/mol. The summed E-state index contributed by atoms with van der Waals surface area (Å²) in [6.07, 6.45) is 13.1. The molecule has 0 atom stereocenters. The number of hydrogen-bond donors (Lipinski definition) is 5. The Labute approximate surface area is 342 Å². The molecule has 1 saturated heterocycles. The van der Waals surface area contributed by atoms with Crippen LogP contribution in [0.3, 0.4) is 0 Å². The van der Waals surface area contributed by atoms with E-state index in [0.717, 1.165) is 121 Å². The van der Waals surface area contributed by atoms with Gasteiger partial charge in [-0.15, -0.1) is 0 Å². The number of H-pyrrole nitrogens is 3. The van der Waals surface area contributed by atoms with Gasteiger partial charge in [-0.05, 0) is 92.5 Å². The Balaban J connectivity index is 0.961. The third kappa shape index (κ3) is 6.48. The van der Waals surface area contributed by atoms with Crippen molar-refractivity contribution in [3.05, 3.63) is 116 Å². The van der Waals surface area contributed by atoms with Crippen molar-refractivity contribution in [3.63, 3.8) is 0 Å². The Hall–Kier alpha value is -7.71. The zero-order valence-electron chi connectivity index (χ0n) is 32.5. The van der Waals surface area contributed by atoms with E-state index in [-0.39, 0.29) is 5.91 Å². The molecule has 2 aromatic carbocycles. The molecular weight excluding hydrogens is 753 g/mol. The second-order valence-corrected chi connectivity index (χ2v) is 15.3. The Morgan fingerprint density at radius 1 is 0.750 bits per heavy atom. The van der Waals surface area contributed by atoms with Crippen LogP contribution in [0.15, 0.2) is 116 Å². The molecule has 294 valence electrons. The van der Waals surface area contributed by atoms with Gasteiger partial charge in [0.2, 0.25) is 5.91 Å². The number of nitrogens with zero attached hydrogens (tertiary/aromatic N) is 7. The fraction of sp³-hybridized carbons (Fsp3) is 0.152. The number of nitrogens with one attached hydrogen (secondary N) is 5. The fourth-order valence-electron chi connectivity index (χ4n) is 8.31. The molecule has 10 aromatic rings. The van der Waals surface area contributed by atoms with Crippen LogP contribution in [-0.4, -0.2) is 76.0 Å². The summed E-state index contributed by atoms with van der Waals surface area (Å²) in [5, 5.41) is 23.4. The molecule has 5 N–H and O–H groups in total. The van der Waals surface area contributed by atoms with Crippen molar-refractivity contribution in [2.75, 3.05) is 25.5 Å². The molecule has 9 heterocycles. The topological polar surface area (TPSA) is 180 Å². The number of hydrogen-bond acceptors (Lipinski definition) is 9. The van der Waals surface area contributed by atoms with Crippen molar-refractivity contribution in [1.29, 1.82) is 0 Å². The van der Waals surface area contributed by atoms with Crippen LogP contribution in [0.1, 0.15) is 19.3 Å². The average Bonchev–Trinajstić information content (AvgIpc) is 4.09. The van der Waals surface area contributed by atoms with E-state index in [1.54, 1.807) is 38.1 Å². The number of pyridine rings is 4. The van der Waals surface area contributed by atoms with Gasteiger partial charge >= 0.3 is 0 Å². The molecule has 60 heavy (non-hydrogen) atoms. The first kappa shape index (κ1) is 35.5. The Kier molecular flexibility index (Phi) is 8.62.